The Hall–Kier alpha value is -2.86. The minimum absolute atomic E-state index is 0.00265. The Bertz CT molecular complexity index is 1420. The van der Waals surface area contributed by atoms with Crippen molar-refractivity contribution in [2.75, 3.05) is 13.2 Å². The van der Waals surface area contributed by atoms with E-state index in [0.717, 1.165) is 11.1 Å². The number of aryl methyl sites for hydroxylation is 1. The van der Waals surface area contributed by atoms with Crippen LogP contribution in [0.25, 0.3) is 0 Å². The van der Waals surface area contributed by atoms with Gasteiger partial charge >= 0.3 is 5.69 Å². The zero-order valence-corrected chi connectivity index (χ0v) is 26.5. The Balaban J connectivity index is 1.69. The molecule has 0 bridgehead atoms. The molecular weight excluding hydrogens is 552 g/mol. The van der Waals surface area contributed by atoms with Gasteiger partial charge in [-0.2, -0.15) is 0 Å². The number of ether oxygens (including phenoxy) is 3. The van der Waals surface area contributed by atoms with E-state index in [1.165, 1.54) is 10.8 Å². The lowest BCUT2D eigenvalue weighted by Gasteiger charge is -2.40. The lowest BCUT2D eigenvalue weighted by Crippen LogP contribution is -2.53. The number of hydrogen-bond acceptors (Lipinski definition) is 7. The second-order valence-electron chi connectivity index (χ2n) is 12.5. The van der Waals surface area contributed by atoms with E-state index in [4.69, 9.17) is 18.6 Å². The second kappa shape index (κ2) is 13.2. The highest BCUT2D eigenvalue weighted by atomic mass is 28.4. The molecule has 2 aromatic carbocycles. The number of aromatic nitrogens is 2. The third-order valence-electron chi connectivity index (χ3n) is 8.53. The van der Waals surface area contributed by atoms with Crippen molar-refractivity contribution in [2.24, 2.45) is 0 Å². The number of H-pyrrole nitrogens is 1. The molecule has 0 amide bonds. The van der Waals surface area contributed by atoms with Crippen LogP contribution in [0.2, 0.25) is 18.1 Å². The summed E-state index contributed by atoms with van der Waals surface area (Å²) in [6, 6.07) is 19.5. The van der Waals surface area contributed by atoms with Gasteiger partial charge in [-0.15, -0.1) is 0 Å². The van der Waals surface area contributed by atoms with Crippen molar-refractivity contribution in [3.63, 3.8) is 0 Å². The Morgan fingerprint density at radius 3 is 2.19 bits per heavy atom. The van der Waals surface area contributed by atoms with E-state index in [9.17, 15) is 14.7 Å². The topological polar surface area (TPSA) is 112 Å². The first kappa shape index (κ1) is 32.1. The van der Waals surface area contributed by atoms with E-state index < -0.39 is 43.6 Å². The molecule has 4 rings (SSSR count). The van der Waals surface area contributed by atoms with Gasteiger partial charge in [0.15, 0.2) is 14.5 Å². The SMILES string of the molecule is Cc1cn([C@@H]2O[C@H](COCc3ccccc3)[C@@](CCO[Si](C)(C)C(C)(C)C)(OCc3ccccc3)[C@H]2O)c(=O)[nH]c1=O. The number of aliphatic hydroxyl groups excluding tert-OH is 1. The summed E-state index contributed by atoms with van der Waals surface area (Å²) in [7, 11) is -2.12. The molecule has 1 fully saturated rings. The van der Waals surface area contributed by atoms with Gasteiger partial charge in [0.05, 0.1) is 19.8 Å². The normalized spacial score (nSPS) is 22.9. The van der Waals surface area contributed by atoms with E-state index in [1.807, 2.05) is 60.7 Å². The van der Waals surface area contributed by atoms with Crippen LogP contribution in [0.5, 0.6) is 0 Å². The first-order valence-corrected chi connectivity index (χ1v) is 17.3. The van der Waals surface area contributed by atoms with Gasteiger partial charge in [0.1, 0.15) is 17.8 Å². The Labute approximate surface area is 248 Å². The van der Waals surface area contributed by atoms with E-state index in [1.54, 1.807) is 6.92 Å². The van der Waals surface area contributed by atoms with Crippen LogP contribution < -0.4 is 11.2 Å². The Morgan fingerprint density at radius 2 is 1.60 bits per heavy atom. The third-order valence-corrected chi connectivity index (χ3v) is 13.1. The van der Waals surface area contributed by atoms with Crippen LogP contribution in [0.1, 0.15) is 50.1 Å². The van der Waals surface area contributed by atoms with Gasteiger partial charge in [0, 0.05) is 24.8 Å². The number of hydrogen-bond donors (Lipinski definition) is 2. The van der Waals surface area contributed by atoms with Crippen LogP contribution >= 0.6 is 0 Å². The first-order valence-electron chi connectivity index (χ1n) is 14.4. The molecule has 3 aromatic rings. The number of nitrogens with zero attached hydrogens (tertiary/aromatic N) is 1. The van der Waals surface area contributed by atoms with Crippen molar-refractivity contribution >= 4 is 8.32 Å². The maximum Gasteiger partial charge on any atom is 0.330 e. The molecule has 1 aliphatic heterocycles. The van der Waals surface area contributed by atoms with Crippen LogP contribution in [0.4, 0.5) is 0 Å². The summed E-state index contributed by atoms with van der Waals surface area (Å²) >= 11 is 0. The van der Waals surface area contributed by atoms with Gasteiger partial charge in [-0.1, -0.05) is 81.4 Å². The van der Waals surface area contributed by atoms with Gasteiger partial charge in [-0.3, -0.25) is 14.3 Å². The molecule has 10 heteroatoms. The fraction of sp³-hybridized carbons (Fsp3) is 0.500. The smallest absolute Gasteiger partial charge is 0.330 e. The number of nitrogens with one attached hydrogen (secondary N) is 1. The zero-order valence-electron chi connectivity index (χ0n) is 25.5. The van der Waals surface area contributed by atoms with Crippen LogP contribution in [-0.4, -0.2) is 54.0 Å². The summed E-state index contributed by atoms with van der Waals surface area (Å²) in [6.45, 7) is 13.5. The molecule has 2 N–H and O–H groups in total. The maximum absolute atomic E-state index is 12.9. The summed E-state index contributed by atoms with van der Waals surface area (Å²) in [5.41, 5.74) is -0.179. The highest BCUT2D eigenvalue weighted by molar-refractivity contribution is 6.74. The molecule has 0 saturated carbocycles. The van der Waals surface area contributed by atoms with Crippen LogP contribution in [-0.2, 0) is 31.9 Å². The number of aliphatic hydroxyl groups is 1. The Morgan fingerprint density at radius 1 is 1.00 bits per heavy atom. The van der Waals surface area contributed by atoms with E-state index in [2.05, 4.69) is 38.8 Å². The summed E-state index contributed by atoms with van der Waals surface area (Å²) in [4.78, 5) is 27.3. The molecule has 4 atom stereocenters. The van der Waals surface area contributed by atoms with Crippen molar-refractivity contribution in [3.05, 3.63) is 104 Å². The lowest BCUT2D eigenvalue weighted by molar-refractivity contribution is -0.159. The highest BCUT2D eigenvalue weighted by Crippen LogP contribution is 2.44. The summed E-state index contributed by atoms with van der Waals surface area (Å²) in [5.74, 6) is 0. The van der Waals surface area contributed by atoms with Crippen molar-refractivity contribution in [1.82, 2.24) is 9.55 Å². The Kier molecular flexibility index (Phi) is 10.1. The average molecular weight is 597 g/mol. The standard InChI is InChI=1S/C32H44N2O7Si/c1-23-19-34(30(37)33-28(23)36)29-27(35)32(39-21-25-15-11-8-12-16-25,17-18-40-42(5,6)31(2,3)4)26(41-29)22-38-20-24-13-9-7-10-14-24/h7-16,19,26-27,29,35H,17-18,20-22H2,1-6H3,(H,33,36,37)/t26-,27+,29-,32-/m1/s1. The van der Waals surface area contributed by atoms with Crippen molar-refractivity contribution < 1.29 is 23.7 Å². The summed E-state index contributed by atoms with van der Waals surface area (Å²) < 4.78 is 27.0. The van der Waals surface area contributed by atoms with E-state index in [0.29, 0.717) is 25.2 Å². The number of benzene rings is 2. The predicted octanol–water partition coefficient (Wildman–Crippen LogP) is 4.69. The molecule has 1 aromatic heterocycles. The summed E-state index contributed by atoms with van der Waals surface area (Å²) in [6.07, 6.45) is -1.40. The quantitative estimate of drug-likeness (QED) is 0.292. The minimum atomic E-state index is -2.12. The van der Waals surface area contributed by atoms with Gasteiger partial charge in [0.25, 0.3) is 5.56 Å². The first-order chi connectivity index (χ1) is 19.8. The predicted molar refractivity (Wildman–Crippen MR) is 164 cm³/mol. The van der Waals surface area contributed by atoms with Gasteiger partial charge in [-0.25, -0.2) is 4.79 Å². The van der Waals surface area contributed by atoms with Crippen molar-refractivity contribution in [2.45, 2.75) is 89.5 Å². The zero-order chi connectivity index (χ0) is 30.5. The lowest BCUT2D eigenvalue weighted by atomic mass is 9.88. The molecule has 2 heterocycles. The van der Waals surface area contributed by atoms with Crippen LogP contribution in [0.3, 0.4) is 0 Å². The van der Waals surface area contributed by atoms with E-state index in [-0.39, 0.29) is 18.3 Å². The molecule has 0 aliphatic carbocycles. The monoisotopic (exact) mass is 596 g/mol. The molecule has 9 nitrogen and oxygen atoms in total. The highest BCUT2D eigenvalue weighted by Gasteiger charge is 2.58. The molecular formula is C32H44N2O7Si. The van der Waals surface area contributed by atoms with Crippen LogP contribution in [0.15, 0.2) is 76.4 Å². The largest absolute Gasteiger partial charge is 0.417 e. The molecule has 0 spiro atoms. The number of aromatic amines is 1. The maximum atomic E-state index is 12.9. The fourth-order valence-electron chi connectivity index (χ4n) is 4.85. The molecule has 1 aliphatic rings. The second-order valence-corrected chi connectivity index (χ2v) is 17.3. The van der Waals surface area contributed by atoms with Crippen LogP contribution in [0, 0.1) is 6.92 Å². The van der Waals surface area contributed by atoms with Gasteiger partial charge in [-0.05, 0) is 36.2 Å². The fourth-order valence-corrected chi connectivity index (χ4v) is 5.90. The van der Waals surface area contributed by atoms with Gasteiger partial charge in [0.2, 0.25) is 0 Å². The van der Waals surface area contributed by atoms with Crippen molar-refractivity contribution in [1.29, 1.82) is 0 Å². The van der Waals surface area contributed by atoms with Gasteiger partial charge < -0.3 is 23.7 Å². The van der Waals surface area contributed by atoms with Crippen molar-refractivity contribution in [3.8, 4) is 0 Å². The minimum Gasteiger partial charge on any atom is -0.417 e. The molecule has 228 valence electrons. The van der Waals surface area contributed by atoms with E-state index >= 15 is 0 Å². The molecule has 1 saturated heterocycles. The molecule has 0 radical (unpaired) electrons. The molecule has 0 unspecified atom stereocenters. The third kappa shape index (κ3) is 7.19. The average Bonchev–Trinajstić information content (AvgIpc) is 3.21. The number of rotatable bonds is 12. The summed E-state index contributed by atoms with van der Waals surface area (Å²) in [5, 5.41) is 12.0. The molecule has 42 heavy (non-hydrogen) atoms.